The number of fused-ring (bicyclic) bond motifs is 1. The Labute approximate surface area is 67.0 Å². The van der Waals surface area contributed by atoms with Crippen molar-refractivity contribution in [1.29, 1.82) is 0 Å². The predicted octanol–water partition coefficient (Wildman–Crippen LogP) is 2.23. The fraction of sp³-hybridized carbons (Fsp3) is 0.250. The monoisotopic (exact) mass is 151 g/mol. The van der Waals surface area contributed by atoms with Gasteiger partial charge in [0.25, 0.3) is 0 Å². The van der Waals surface area contributed by atoms with Crippen LogP contribution in [0.25, 0.3) is 11.0 Å². The molecule has 0 aliphatic heterocycles. The van der Waals surface area contributed by atoms with Gasteiger partial charge in [0.2, 0.25) is 0 Å². The first-order valence-electron chi connectivity index (χ1n) is 3.70. The van der Waals surface area contributed by atoms with E-state index in [2.05, 4.69) is 15.0 Å². The molecule has 0 amide bonds. The third kappa shape index (κ3) is 1.55. The summed E-state index contributed by atoms with van der Waals surface area (Å²) in [6.07, 6.45) is 5.14. The lowest BCUT2D eigenvalue weighted by atomic mass is 10.5. The molecule has 3 heteroatoms. The fourth-order valence-corrected chi connectivity index (χ4v) is 0.793. The quantitative estimate of drug-likeness (QED) is 0.627. The van der Waals surface area contributed by atoms with Gasteiger partial charge in [-0.25, -0.2) is 9.97 Å². The van der Waals surface area contributed by atoms with Crippen LogP contribution in [0.3, 0.4) is 0 Å². The Morgan fingerprint density at radius 1 is 1.45 bits per heavy atom. The molecule has 0 fully saturated rings. The van der Waals surface area contributed by atoms with Gasteiger partial charge >= 0.3 is 0 Å². The summed E-state index contributed by atoms with van der Waals surface area (Å²) < 4.78 is 0. The number of rotatable bonds is 0. The zero-order valence-corrected chi connectivity index (χ0v) is 6.70. The van der Waals surface area contributed by atoms with Crippen LogP contribution in [0.2, 0.25) is 0 Å². The molecule has 0 spiro atoms. The molecule has 0 unspecified atom stereocenters. The number of nitrogens with zero attached hydrogens (tertiary/aromatic N) is 2. The Morgan fingerprint density at radius 2 is 2.27 bits per heavy atom. The molecule has 0 atom stereocenters. The molecule has 0 aromatic carbocycles. The molecule has 0 bridgehead atoms. The highest BCUT2D eigenvalue weighted by atomic mass is 14.9. The van der Waals surface area contributed by atoms with Gasteiger partial charge in [0.1, 0.15) is 6.33 Å². The molecule has 60 valence electrons. The van der Waals surface area contributed by atoms with E-state index in [4.69, 9.17) is 0 Å². The standard InChI is InChI=1S/C6H5N3.C2H6.H2/c1-2-8-6-3-7-4-9-5(1)6;1-2;/h1-4,8H;1-2H3;1H. The summed E-state index contributed by atoms with van der Waals surface area (Å²) in [5.41, 5.74) is 1.95. The predicted molar refractivity (Wildman–Crippen MR) is 47.4 cm³/mol. The van der Waals surface area contributed by atoms with Crippen molar-refractivity contribution < 1.29 is 1.43 Å². The molecular formula is C8H13N3. The van der Waals surface area contributed by atoms with E-state index in [0.29, 0.717) is 0 Å². The molecule has 0 saturated heterocycles. The van der Waals surface area contributed by atoms with E-state index in [0.717, 1.165) is 11.0 Å². The summed E-state index contributed by atoms with van der Waals surface area (Å²) in [6, 6.07) is 1.91. The Bertz CT molecular complexity index is 288. The van der Waals surface area contributed by atoms with Gasteiger partial charge < -0.3 is 4.98 Å². The third-order valence-corrected chi connectivity index (χ3v) is 1.22. The fourth-order valence-electron chi connectivity index (χ4n) is 0.793. The van der Waals surface area contributed by atoms with E-state index < -0.39 is 0 Å². The Kier molecular flexibility index (Phi) is 2.60. The van der Waals surface area contributed by atoms with E-state index >= 15 is 0 Å². The highest BCUT2D eigenvalue weighted by molar-refractivity contribution is 5.72. The van der Waals surface area contributed by atoms with Crippen LogP contribution in [0.5, 0.6) is 0 Å². The molecular weight excluding hydrogens is 138 g/mol. The summed E-state index contributed by atoms with van der Waals surface area (Å²) in [4.78, 5) is 10.8. The van der Waals surface area contributed by atoms with E-state index in [1.165, 1.54) is 6.33 Å². The lowest BCUT2D eigenvalue weighted by Gasteiger charge is -1.82. The molecule has 2 aromatic heterocycles. The van der Waals surface area contributed by atoms with Crippen LogP contribution in [-0.4, -0.2) is 15.0 Å². The van der Waals surface area contributed by atoms with Gasteiger partial charge in [0.15, 0.2) is 0 Å². The molecule has 2 rings (SSSR count). The Morgan fingerprint density at radius 3 is 3.00 bits per heavy atom. The molecule has 0 aliphatic carbocycles. The summed E-state index contributed by atoms with van der Waals surface area (Å²) >= 11 is 0. The van der Waals surface area contributed by atoms with Crippen molar-refractivity contribution in [1.82, 2.24) is 15.0 Å². The zero-order chi connectivity index (χ0) is 8.10. The van der Waals surface area contributed by atoms with Gasteiger partial charge in [-0.15, -0.1) is 0 Å². The summed E-state index contributed by atoms with van der Waals surface area (Å²) in [7, 11) is 0. The second-order valence-electron chi connectivity index (χ2n) is 1.80. The number of aromatic amines is 1. The maximum Gasteiger partial charge on any atom is 0.116 e. The summed E-state index contributed by atoms with van der Waals surface area (Å²) in [5, 5.41) is 0. The van der Waals surface area contributed by atoms with Crippen LogP contribution in [0.1, 0.15) is 15.3 Å². The van der Waals surface area contributed by atoms with E-state index in [1.54, 1.807) is 6.20 Å². The third-order valence-electron chi connectivity index (χ3n) is 1.22. The van der Waals surface area contributed by atoms with Crippen molar-refractivity contribution in [3.8, 4) is 0 Å². The molecule has 0 saturated carbocycles. The van der Waals surface area contributed by atoms with Crippen LogP contribution in [0.4, 0.5) is 0 Å². The minimum absolute atomic E-state index is 0. The SMILES string of the molecule is CC.[HH].c1ncc2[nH]ccc2n1. The molecule has 2 aromatic rings. The highest BCUT2D eigenvalue weighted by Crippen LogP contribution is 2.03. The minimum Gasteiger partial charge on any atom is -0.359 e. The van der Waals surface area contributed by atoms with Crippen LogP contribution in [0.15, 0.2) is 24.8 Å². The van der Waals surface area contributed by atoms with Gasteiger partial charge in [-0.3, -0.25) is 0 Å². The largest absolute Gasteiger partial charge is 0.359 e. The first-order valence-corrected chi connectivity index (χ1v) is 3.70. The van der Waals surface area contributed by atoms with E-state index in [1.807, 2.05) is 26.1 Å². The number of H-pyrrole nitrogens is 1. The first-order chi connectivity index (χ1) is 5.47. The Hall–Kier alpha value is -1.38. The molecule has 2 heterocycles. The second-order valence-corrected chi connectivity index (χ2v) is 1.80. The van der Waals surface area contributed by atoms with Gasteiger partial charge in [0.05, 0.1) is 17.2 Å². The highest BCUT2D eigenvalue weighted by Gasteiger charge is 1.89. The first kappa shape index (κ1) is 7.72. The minimum atomic E-state index is 0. The molecule has 3 nitrogen and oxygen atoms in total. The van der Waals surface area contributed by atoms with Crippen molar-refractivity contribution in [2.24, 2.45) is 0 Å². The number of aromatic nitrogens is 3. The smallest absolute Gasteiger partial charge is 0.116 e. The lowest BCUT2D eigenvalue weighted by molar-refractivity contribution is 1.22. The maximum atomic E-state index is 4.00. The molecule has 1 N–H and O–H groups in total. The van der Waals surface area contributed by atoms with Crippen molar-refractivity contribution in [2.45, 2.75) is 13.8 Å². The number of hydrogen-bond donors (Lipinski definition) is 1. The summed E-state index contributed by atoms with van der Waals surface area (Å²) in [5.74, 6) is 0. The number of nitrogens with one attached hydrogen (secondary N) is 1. The zero-order valence-electron chi connectivity index (χ0n) is 6.70. The topological polar surface area (TPSA) is 41.6 Å². The average molecular weight is 151 g/mol. The van der Waals surface area contributed by atoms with Crippen LogP contribution >= 0.6 is 0 Å². The molecule has 0 aliphatic rings. The second kappa shape index (κ2) is 3.71. The molecule has 11 heavy (non-hydrogen) atoms. The average Bonchev–Trinajstić information content (AvgIpc) is 2.55. The normalized spacial score (nSPS) is 8.91. The van der Waals surface area contributed by atoms with Gasteiger partial charge in [-0.05, 0) is 6.07 Å². The van der Waals surface area contributed by atoms with Crippen molar-refractivity contribution in [3.63, 3.8) is 0 Å². The van der Waals surface area contributed by atoms with Crippen molar-refractivity contribution in [3.05, 3.63) is 24.8 Å². The lowest BCUT2D eigenvalue weighted by Crippen LogP contribution is -1.74. The van der Waals surface area contributed by atoms with Crippen molar-refractivity contribution in [2.75, 3.05) is 0 Å². The van der Waals surface area contributed by atoms with Crippen LogP contribution < -0.4 is 0 Å². The van der Waals surface area contributed by atoms with E-state index in [-0.39, 0.29) is 1.43 Å². The van der Waals surface area contributed by atoms with Gasteiger partial charge in [-0.1, -0.05) is 13.8 Å². The van der Waals surface area contributed by atoms with Crippen LogP contribution in [-0.2, 0) is 0 Å². The van der Waals surface area contributed by atoms with Gasteiger partial charge in [0, 0.05) is 7.62 Å². The van der Waals surface area contributed by atoms with Crippen LogP contribution in [0, 0.1) is 0 Å². The van der Waals surface area contributed by atoms with Gasteiger partial charge in [-0.2, -0.15) is 0 Å². The Balaban J connectivity index is 0.000000378. The van der Waals surface area contributed by atoms with Crippen molar-refractivity contribution >= 4 is 11.0 Å². The summed E-state index contributed by atoms with van der Waals surface area (Å²) in [6.45, 7) is 4.00. The number of hydrogen-bond acceptors (Lipinski definition) is 2. The molecule has 0 radical (unpaired) electrons. The maximum absolute atomic E-state index is 4.00. The van der Waals surface area contributed by atoms with E-state index in [9.17, 15) is 0 Å².